The Kier molecular flexibility index (Phi) is 6.13. The maximum absolute atomic E-state index is 12.2. The highest BCUT2D eigenvalue weighted by atomic mass is 32.2. The topological polar surface area (TPSA) is 119 Å². The van der Waals surface area contributed by atoms with Gasteiger partial charge in [0.2, 0.25) is 5.91 Å². The third kappa shape index (κ3) is 6.11. The Bertz CT molecular complexity index is 587. The van der Waals surface area contributed by atoms with Crippen LogP contribution in [0.2, 0.25) is 0 Å². The molecule has 0 saturated carbocycles. The van der Waals surface area contributed by atoms with Gasteiger partial charge in [0.25, 0.3) is 10.2 Å². The molecule has 5 N–H and O–H groups in total. The zero-order valence-electron chi connectivity index (χ0n) is 12.2. The molecule has 7 nitrogen and oxygen atoms in total. The average Bonchev–Trinajstić information content (AvgIpc) is 2.35. The molecule has 21 heavy (non-hydrogen) atoms. The second kappa shape index (κ2) is 7.39. The number of hydrogen-bond acceptors (Lipinski definition) is 4. The van der Waals surface area contributed by atoms with Crippen LogP contribution in [-0.4, -0.2) is 31.7 Å². The van der Waals surface area contributed by atoms with Crippen LogP contribution in [0.25, 0.3) is 0 Å². The molecule has 0 aromatic heterocycles. The fraction of sp³-hybridized carbons (Fsp3) is 0.462. The second-order valence-corrected chi connectivity index (χ2v) is 6.98. The lowest BCUT2D eigenvalue weighted by Crippen LogP contribution is -2.45. The Balaban J connectivity index is 2.92. The van der Waals surface area contributed by atoms with Crippen molar-refractivity contribution in [2.45, 2.75) is 20.4 Å². The van der Waals surface area contributed by atoms with Crippen molar-refractivity contribution >= 4 is 21.8 Å². The molecule has 0 atom stereocenters. The highest BCUT2D eigenvalue weighted by Gasteiger charge is 2.23. The summed E-state index contributed by atoms with van der Waals surface area (Å²) in [6.45, 7) is 3.70. The predicted molar refractivity (Wildman–Crippen MR) is 82.2 cm³/mol. The van der Waals surface area contributed by atoms with E-state index in [0.29, 0.717) is 11.3 Å². The van der Waals surface area contributed by atoms with E-state index in [1.54, 1.807) is 24.3 Å². The summed E-state index contributed by atoms with van der Waals surface area (Å²) in [7, 11) is -3.78. The molecule has 1 aromatic rings. The summed E-state index contributed by atoms with van der Waals surface area (Å²) in [6, 6.07) is 6.82. The Morgan fingerprint density at radius 2 is 2.05 bits per heavy atom. The first-order valence-electron chi connectivity index (χ1n) is 6.58. The molecule has 8 heteroatoms. The van der Waals surface area contributed by atoms with Gasteiger partial charge >= 0.3 is 0 Å². The van der Waals surface area contributed by atoms with E-state index in [2.05, 4.69) is 4.72 Å². The van der Waals surface area contributed by atoms with E-state index in [1.807, 2.05) is 13.8 Å². The summed E-state index contributed by atoms with van der Waals surface area (Å²) >= 11 is 0. The number of nitrogen functional groups attached to an aromatic ring is 1. The summed E-state index contributed by atoms with van der Waals surface area (Å²) in [5.74, 6) is -0.559. The Morgan fingerprint density at radius 1 is 1.38 bits per heavy atom. The SMILES string of the molecule is CC(C)CNS(=O)(=O)N(CC(N)=O)Cc1cccc(N)c1. The van der Waals surface area contributed by atoms with Crippen LogP contribution in [0.3, 0.4) is 0 Å². The molecular formula is C13H22N4O3S. The predicted octanol–water partition coefficient (Wildman–Crippen LogP) is 0.0465. The molecule has 0 aliphatic rings. The smallest absolute Gasteiger partial charge is 0.280 e. The van der Waals surface area contributed by atoms with Crippen molar-refractivity contribution in [2.24, 2.45) is 11.7 Å². The number of benzene rings is 1. The van der Waals surface area contributed by atoms with Gasteiger partial charge in [0.05, 0.1) is 6.54 Å². The van der Waals surface area contributed by atoms with Crippen molar-refractivity contribution < 1.29 is 13.2 Å². The number of nitrogens with zero attached hydrogens (tertiary/aromatic N) is 1. The summed E-state index contributed by atoms with van der Waals surface area (Å²) in [4.78, 5) is 11.1. The number of rotatable bonds is 8. The van der Waals surface area contributed by atoms with E-state index in [4.69, 9.17) is 11.5 Å². The maximum atomic E-state index is 12.2. The zero-order valence-corrected chi connectivity index (χ0v) is 13.1. The zero-order chi connectivity index (χ0) is 16.0. The summed E-state index contributed by atoms with van der Waals surface area (Å²) < 4.78 is 27.9. The lowest BCUT2D eigenvalue weighted by atomic mass is 10.2. The maximum Gasteiger partial charge on any atom is 0.280 e. The van der Waals surface area contributed by atoms with Crippen LogP contribution in [0.5, 0.6) is 0 Å². The second-order valence-electron chi connectivity index (χ2n) is 5.23. The van der Waals surface area contributed by atoms with E-state index in [-0.39, 0.29) is 25.6 Å². The number of hydrogen-bond donors (Lipinski definition) is 3. The molecule has 0 heterocycles. The molecule has 0 radical (unpaired) electrons. The molecular weight excluding hydrogens is 292 g/mol. The third-order valence-corrected chi connectivity index (χ3v) is 4.13. The molecule has 0 unspecified atom stereocenters. The van der Waals surface area contributed by atoms with Crippen molar-refractivity contribution in [3.63, 3.8) is 0 Å². The number of carbonyl (C=O) groups is 1. The number of nitrogens with two attached hydrogens (primary N) is 2. The Labute approximate surface area is 125 Å². The molecule has 0 aliphatic heterocycles. The van der Waals surface area contributed by atoms with E-state index in [9.17, 15) is 13.2 Å². The average molecular weight is 314 g/mol. The molecule has 0 fully saturated rings. The monoisotopic (exact) mass is 314 g/mol. The van der Waals surface area contributed by atoms with Crippen LogP contribution in [-0.2, 0) is 21.5 Å². The van der Waals surface area contributed by atoms with Gasteiger partial charge in [-0.3, -0.25) is 4.79 Å². The van der Waals surface area contributed by atoms with Gasteiger partial charge < -0.3 is 11.5 Å². The first-order valence-corrected chi connectivity index (χ1v) is 8.02. The summed E-state index contributed by atoms with van der Waals surface area (Å²) in [5.41, 5.74) is 12.0. The van der Waals surface area contributed by atoms with E-state index >= 15 is 0 Å². The first-order chi connectivity index (χ1) is 9.70. The van der Waals surface area contributed by atoms with Crippen LogP contribution >= 0.6 is 0 Å². The summed E-state index contributed by atoms with van der Waals surface area (Å²) in [5, 5.41) is 0. The van der Waals surface area contributed by atoms with Gasteiger partial charge in [0, 0.05) is 18.8 Å². The van der Waals surface area contributed by atoms with Crippen molar-refractivity contribution in [3.05, 3.63) is 29.8 Å². The van der Waals surface area contributed by atoms with Crippen LogP contribution in [0.1, 0.15) is 19.4 Å². The number of nitrogens with one attached hydrogen (secondary N) is 1. The van der Waals surface area contributed by atoms with Crippen LogP contribution in [0.15, 0.2) is 24.3 Å². The van der Waals surface area contributed by atoms with Gasteiger partial charge in [-0.25, -0.2) is 4.72 Å². The quantitative estimate of drug-likeness (QED) is 0.587. The highest BCUT2D eigenvalue weighted by molar-refractivity contribution is 7.87. The normalized spacial score (nSPS) is 12.0. The van der Waals surface area contributed by atoms with Crippen molar-refractivity contribution in [1.82, 2.24) is 9.03 Å². The van der Waals surface area contributed by atoms with Gasteiger partial charge in [0.1, 0.15) is 0 Å². The molecule has 1 amide bonds. The first kappa shape index (κ1) is 17.4. The third-order valence-electron chi connectivity index (χ3n) is 2.66. The lowest BCUT2D eigenvalue weighted by Gasteiger charge is -2.22. The number of amides is 1. The van der Waals surface area contributed by atoms with Crippen LogP contribution in [0.4, 0.5) is 5.69 Å². The standard InChI is InChI=1S/C13H22N4O3S/c1-10(2)7-16-21(19,20)17(9-13(15)18)8-11-4-3-5-12(14)6-11/h3-6,10,16H,7-9,14H2,1-2H3,(H2,15,18). The molecule has 0 aliphatic carbocycles. The number of primary amides is 1. The Morgan fingerprint density at radius 3 is 2.57 bits per heavy atom. The van der Waals surface area contributed by atoms with Crippen molar-refractivity contribution in [2.75, 3.05) is 18.8 Å². The molecule has 1 rings (SSSR count). The molecule has 0 spiro atoms. The van der Waals surface area contributed by atoms with Crippen molar-refractivity contribution in [1.29, 1.82) is 0 Å². The van der Waals surface area contributed by atoms with Gasteiger partial charge in [0.15, 0.2) is 0 Å². The Hall–Kier alpha value is -1.64. The van der Waals surface area contributed by atoms with Gasteiger partial charge in [-0.1, -0.05) is 26.0 Å². The van der Waals surface area contributed by atoms with Crippen molar-refractivity contribution in [3.8, 4) is 0 Å². The number of carbonyl (C=O) groups excluding carboxylic acids is 1. The molecule has 1 aromatic carbocycles. The molecule has 0 saturated heterocycles. The van der Waals surface area contributed by atoms with Gasteiger partial charge in [-0.2, -0.15) is 12.7 Å². The van der Waals surface area contributed by atoms with Gasteiger partial charge in [-0.05, 0) is 23.6 Å². The number of anilines is 1. The minimum absolute atomic E-state index is 0.0292. The fourth-order valence-electron chi connectivity index (χ4n) is 1.66. The molecule has 118 valence electrons. The minimum atomic E-state index is -3.78. The fourth-order valence-corrected chi connectivity index (χ4v) is 3.00. The molecule has 0 bridgehead atoms. The van der Waals surface area contributed by atoms with Crippen LogP contribution in [0, 0.1) is 5.92 Å². The van der Waals surface area contributed by atoms with Gasteiger partial charge in [-0.15, -0.1) is 0 Å². The van der Waals surface area contributed by atoms with E-state index in [1.165, 1.54) is 0 Å². The van der Waals surface area contributed by atoms with E-state index in [0.717, 1.165) is 4.31 Å². The van der Waals surface area contributed by atoms with E-state index < -0.39 is 16.1 Å². The van der Waals surface area contributed by atoms with Crippen LogP contribution < -0.4 is 16.2 Å². The lowest BCUT2D eigenvalue weighted by molar-refractivity contribution is -0.118. The largest absolute Gasteiger partial charge is 0.399 e. The summed E-state index contributed by atoms with van der Waals surface area (Å²) in [6.07, 6.45) is 0. The minimum Gasteiger partial charge on any atom is -0.399 e. The highest BCUT2D eigenvalue weighted by Crippen LogP contribution is 2.12.